The molecule has 0 aromatic carbocycles. The zero-order valence-electron chi connectivity index (χ0n) is 11.0. The first kappa shape index (κ1) is 15.7. The van der Waals surface area contributed by atoms with E-state index in [-0.39, 0.29) is 15.4 Å². The summed E-state index contributed by atoms with van der Waals surface area (Å²) in [6.45, 7) is 3.58. The molecular weight excluding hydrogens is 290 g/mol. The smallest absolute Gasteiger partial charge is 0.254 e. The number of hydrogen-bond acceptors (Lipinski definition) is 6. The van der Waals surface area contributed by atoms with Crippen molar-refractivity contribution in [2.45, 2.75) is 30.5 Å². The molecule has 5 nitrogen and oxygen atoms in total. The summed E-state index contributed by atoms with van der Waals surface area (Å²) in [6, 6.07) is -0.0369. The highest BCUT2D eigenvalue weighted by Crippen LogP contribution is 2.28. The third-order valence-corrected chi connectivity index (χ3v) is 6.93. The van der Waals surface area contributed by atoms with E-state index < -0.39 is 10.0 Å². The molecule has 1 unspecified atom stereocenters. The number of thiazole rings is 1. The van der Waals surface area contributed by atoms with E-state index in [0.29, 0.717) is 5.69 Å². The van der Waals surface area contributed by atoms with Crippen molar-refractivity contribution in [3.63, 3.8) is 0 Å². The van der Waals surface area contributed by atoms with Crippen LogP contribution in [0.2, 0.25) is 0 Å². The molecule has 1 atom stereocenters. The summed E-state index contributed by atoms with van der Waals surface area (Å²) in [7, 11) is -1.87. The maximum Gasteiger partial charge on any atom is 0.254 e. The zero-order valence-corrected chi connectivity index (χ0v) is 13.5. The predicted molar refractivity (Wildman–Crippen MR) is 78.7 cm³/mol. The number of sulfonamides is 1. The largest absolute Gasteiger partial charge is 0.375 e. The second-order valence-corrected chi connectivity index (χ2v) is 8.29. The summed E-state index contributed by atoms with van der Waals surface area (Å²) in [5, 5.41) is 0.288. The van der Waals surface area contributed by atoms with Gasteiger partial charge in [-0.05, 0) is 32.3 Å². The van der Waals surface area contributed by atoms with Crippen molar-refractivity contribution in [2.75, 3.05) is 24.8 Å². The van der Waals surface area contributed by atoms with Crippen LogP contribution < -0.4 is 5.73 Å². The van der Waals surface area contributed by atoms with Crippen molar-refractivity contribution in [3.05, 3.63) is 5.69 Å². The second kappa shape index (κ2) is 6.23. The number of hydrogen-bond donors (Lipinski definition) is 1. The number of nitrogens with zero attached hydrogens (tertiary/aromatic N) is 2. The number of rotatable bonds is 6. The molecule has 1 rings (SSSR count). The highest BCUT2D eigenvalue weighted by atomic mass is 32.2. The minimum absolute atomic E-state index is 0.0369. The van der Waals surface area contributed by atoms with Gasteiger partial charge in [-0.25, -0.2) is 13.4 Å². The molecule has 0 aliphatic heterocycles. The summed E-state index contributed by atoms with van der Waals surface area (Å²) in [4.78, 5) is 3.97. The van der Waals surface area contributed by atoms with E-state index in [1.807, 2.05) is 13.2 Å². The molecule has 8 heteroatoms. The standard InChI is InChI=1S/C10H19N3O2S3/c1-7(5-6-16-4)13(3)18(14,15)9-8(2)12-10(11)17-9/h7H,5-6H2,1-4H3,(H2,11,12). The predicted octanol–water partition coefficient (Wildman–Crippen LogP) is 1.80. The van der Waals surface area contributed by atoms with Crippen LogP contribution in [0.5, 0.6) is 0 Å². The fourth-order valence-corrected chi connectivity index (χ4v) is 4.91. The van der Waals surface area contributed by atoms with Gasteiger partial charge in [0.15, 0.2) is 9.34 Å². The van der Waals surface area contributed by atoms with E-state index in [0.717, 1.165) is 23.5 Å². The van der Waals surface area contributed by atoms with Crippen LogP contribution in [-0.4, -0.2) is 42.8 Å². The third kappa shape index (κ3) is 3.37. The van der Waals surface area contributed by atoms with Crippen molar-refractivity contribution < 1.29 is 8.42 Å². The van der Waals surface area contributed by atoms with Gasteiger partial charge in [0.05, 0.1) is 5.69 Å². The summed E-state index contributed by atoms with van der Waals surface area (Å²) < 4.78 is 26.5. The lowest BCUT2D eigenvalue weighted by atomic mass is 10.3. The summed E-state index contributed by atoms with van der Waals surface area (Å²) >= 11 is 2.73. The van der Waals surface area contributed by atoms with Crippen LogP contribution in [0.15, 0.2) is 4.21 Å². The maximum absolute atomic E-state index is 12.4. The lowest BCUT2D eigenvalue weighted by molar-refractivity contribution is 0.383. The summed E-state index contributed by atoms with van der Waals surface area (Å²) in [5.74, 6) is 0.935. The number of aromatic nitrogens is 1. The van der Waals surface area contributed by atoms with Crippen LogP contribution in [0.25, 0.3) is 0 Å². The van der Waals surface area contributed by atoms with Gasteiger partial charge in [0.25, 0.3) is 10.0 Å². The molecule has 0 aliphatic carbocycles. The highest BCUT2D eigenvalue weighted by Gasteiger charge is 2.29. The fourth-order valence-electron chi connectivity index (χ4n) is 1.48. The molecule has 18 heavy (non-hydrogen) atoms. The molecule has 0 saturated carbocycles. The van der Waals surface area contributed by atoms with Gasteiger partial charge in [-0.15, -0.1) is 0 Å². The van der Waals surface area contributed by atoms with Crippen molar-refractivity contribution in [2.24, 2.45) is 0 Å². The Labute approximate surface area is 117 Å². The molecular formula is C10H19N3O2S3. The molecule has 1 heterocycles. The van der Waals surface area contributed by atoms with Crippen LogP contribution in [-0.2, 0) is 10.0 Å². The van der Waals surface area contributed by atoms with Crippen LogP contribution in [0.1, 0.15) is 19.0 Å². The quantitative estimate of drug-likeness (QED) is 0.867. The molecule has 0 amide bonds. The molecule has 0 aliphatic rings. The number of nitrogens with two attached hydrogens (primary N) is 1. The van der Waals surface area contributed by atoms with E-state index in [1.165, 1.54) is 4.31 Å². The fraction of sp³-hybridized carbons (Fsp3) is 0.700. The lowest BCUT2D eigenvalue weighted by Gasteiger charge is -2.23. The second-order valence-electron chi connectivity index (χ2n) is 4.08. The Bertz CT molecular complexity index is 498. The Morgan fingerprint density at radius 2 is 2.17 bits per heavy atom. The topological polar surface area (TPSA) is 76.3 Å². The van der Waals surface area contributed by atoms with E-state index in [4.69, 9.17) is 5.73 Å². The summed E-state index contributed by atoms with van der Waals surface area (Å²) in [5.41, 5.74) is 6.03. The van der Waals surface area contributed by atoms with Crippen molar-refractivity contribution in [1.29, 1.82) is 0 Å². The molecule has 2 N–H and O–H groups in total. The van der Waals surface area contributed by atoms with Crippen LogP contribution in [0, 0.1) is 6.92 Å². The molecule has 1 aromatic heterocycles. The molecule has 0 radical (unpaired) electrons. The maximum atomic E-state index is 12.4. The first-order valence-corrected chi connectivity index (χ1v) is 9.15. The monoisotopic (exact) mass is 309 g/mol. The highest BCUT2D eigenvalue weighted by molar-refractivity contribution is 7.98. The number of aryl methyl sites for hydroxylation is 1. The van der Waals surface area contributed by atoms with Gasteiger partial charge in [-0.1, -0.05) is 11.3 Å². The average molecular weight is 309 g/mol. The van der Waals surface area contributed by atoms with Gasteiger partial charge in [-0.2, -0.15) is 16.1 Å². The molecule has 0 saturated heterocycles. The Kier molecular flexibility index (Phi) is 5.45. The Morgan fingerprint density at radius 1 is 1.56 bits per heavy atom. The SMILES string of the molecule is CSCCC(C)N(C)S(=O)(=O)c1sc(N)nc1C. The average Bonchev–Trinajstić information content (AvgIpc) is 2.64. The van der Waals surface area contributed by atoms with Gasteiger partial charge < -0.3 is 5.73 Å². The Balaban J connectivity index is 2.96. The normalized spacial score (nSPS) is 14.1. The van der Waals surface area contributed by atoms with Gasteiger partial charge in [0, 0.05) is 13.1 Å². The van der Waals surface area contributed by atoms with Crippen LogP contribution >= 0.6 is 23.1 Å². The van der Waals surface area contributed by atoms with Crippen molar-refractivity contribution in [3.8, 4) is 0 Å². The Morgan fingerprint density at radius 3 is 2.61 bits per heavy atom. The van der Waals surface area contributed by atoms with E-state index in [9.17, 15) is 8.42 Å². The third-order valence-electron chi connectivity index (χ3n) is 2.74. The van der Waals surface area contributed by atoms with E-state index in [1.54, 1.807) is 25.7 Å². The Hall–Kier alpha value is -0.310. The molecule has 1 aromatic rings. The van der Waals surface area contributed by atoms with Crippen molar-refractivity contribution in [1.82, 2.24) is 9.29 Å². The van der Waals surface area contributed by atoms with Gasteiger partial charge in [0.1, 0.15) is 0 Å². The first-order chi connectivity index (χ1) is 8.30. The van der Waals surface area contributed by atoms with Crippen molar-refractivity contribution >= 4 is 38.3 Å². The van der Waals surface area contributed by atoms with E-state index in [2.05, 4.69) is 4.98 Å². The van der Waals surface area contributed by atoms with Gasteiger partial charge in [0.2, 0.25) is 0 Å². The van der Waals surface area contributed by atoms with Crippen LogP contribution in [0.3, 0.4) is 0 Å². The van der Waals surface area contributed by atoms with Gasteiger partial charge in [-0.3, -0.25) is 0 Å². The number of thioether (sulfide) groups is 1. The molecule has 104 valence electrons. The lowest BCUT2D eigenvalue weighted by Crippen LogP contribution is -2.35. The molecule has 0 bridgehead atoms. The summed E-state index contributed by atoms with van der Waals surface area (Å²) in [6.07, 6.45) is 2.83. The zero-order chi connectivity index (χ0) is 13.9. The number of anilines is 1. The minimum Gasteiger partial charge on any atom is -0.375 e. The molecule has 0 fully saturated rings. The minimum atomic E-state index is -3.48. The van der Waals surface area contributed by atoms with E-state index >= 15 is 0 Å². The number of nitrogen functional groups attached to an aromatic ring is 1. The first-order valence-electron chi connectivity index (χ1n) is 5.50. The van der Waals surface area contributed by atoms with Gasteiger partial charge >= 0.3 is 0 Å². The molecule has 0 spiro atoms. The van der Waals surface area contributed by atoms with Crippen LogP contribution in [0.4, 0.5) is 5.13 Å².